The molecule has 0 saturated carbocycles. The van der Waals surface area contributed by atoms with Crippen LogP contribution in [0.25, 0.3) is 22.6 Å². The van der Waals surface area contributed by atoms with Crippen molar-refractivity contribution in [3.8, 4) is 22.9 Å². The van der Waals surface area contributed by atoms with Crippen molar-refractivity contribution in [1.82, 2.24) is 40.3 Å². The van der Waals surface area contributed by atoms with E-state index in [0.717, 1.165) is 41.2 Å². The lowest BCUT2D eigenvalue weighted by molar-refractivity contribution is -0.134. The van der Waals surface area contributed by atoms with E-state index in [1.165, 1.54) is 6.20 Å². The van der Waals surface area contributed by atoms with E-state index in [9.17, 15) is 19.2 Å². The number of amides is 4. The van der Waals surface area contributed by atoms with E-state index in [0.29, 0.717) is 88.9 Å². The van der Waals surface area contributed by atoms with Crippen molar-refractivity contribution in [2.24, 2.45) is 18.9 Å². The van der Waals surface area contributed by atoms with Crippen LogP contribution in [0.4, 0.5) is 5.69 Å². The number of pyridine rings is 1. The zero-order valence-electron chi connectivity index (χ0n) is 31.9. The second-order valence-corrected chi connectivity index (χ2v) is 15.7. The number of imide groups is 1. The number of aromatic amines is 1. The molecule has 2 unspecified atom stereocenters. The molecule has 4 amide bonds. The highest BCUT2D eigenvalue weighted by molar-refractivity contribution is 6.32. The predicted octanol–water partition coefficient (Wildman–Crippen LogP) is 5.77. The van der Waals surface area contributed by atoms with Crippen LogP contribution < -0.4 is 20.3 Å². The summed E-state index contributed by atoms with van der Waals surface area (Å²) in [6, 6.07) is 22.2. The Hall–Kier alpha value is -6.54. The van der Waals surface area contributed by atoms with E-state index in [1.54, 1.807) is 28.9 Å². The number of rotatable bonds is 9. The van der Waals surface area contributed by atoms with Gasteiger partial charge in [0.15, 0.2) is 11.4 Å². The van der Waals surface area contributed by atoms with Crippen LogP contribution in [0.1, 0.15) is 56.3 Å². The summed E-state index contributed by atoms with van der Waals surface area (Å²) >= 11 is 6.50. The van der Waals surface area contributed by atoms with Gasteiger partial charge < -0.3 is 24.8 Å². The number of benzene rings is 3. The molecule has 15 heteroatoms. The molecule has 0 spiro atoms. The monoisotopic (exact) mass is 797 g/mol. The molecule has 6 aromatic rings. The fourth-order valence-electron chi connectivity index (χ4n) is 8.29. The van der Waals surface area contributed by atoms with E-state index in [-0.39, 0.29) is 29.5 Å². The maximum atomic E-state index is 13.5. The molecule has 3 saturated heterocycles. The first-order valence-electron chi connectivity index (χ1n) is 19.2. The van der Waals surface area contributed by atoms with Crippen molar-refractivity contribution in [3.05, 3.63) is 118 Å². The third-order valence-corrected chi connectivity index (χ3v) is 11.6. The first-order chi connectivity index (χ1) is 28.1. The molecular weight excluding hydrogens is 758 g/mol. The fraction of sp³-hybridized carbons (Fsp3) is 0.279. The molecule has 3 N–H and O–H groups in total. The smallest absolute Gasteiger partial charge is 0.253 e. The van der Waals surface area contributed by atoms with Crippen molar-refractivity contribution in [2.75, 3.05) is 31.1 Å². The summed E-state index contributed by atoms with van der Waals surface area (Å²) in [7, 11) is 1.85. The summed E-state index contributed by atoms with van der Waals surface area (Å²) in [5.74, 6) is 1.25. The van der Waals surface area contributed by atoms with Crippen LogP contribution >= 0.6 is 11.6 Å². The largest absolute Gasteiger partial charge is 0.453 e. The average molecular weight is 798 g/mol. The van der Waals surface area contributed by atoms with Crippen LogP contribution in [-0.4, -0.2) is 79.4 Å². The van der Waals surface area contributed by atoms with Crippen LogP contribution in [0.2, 0.25) is 5.02 Å². The van der Waals surface area contributed by atoms with E-state index in [1.807, 2.05) is 61.5 Å². The molecule has 3 aromatic carbocycles. The molecule has 3 aliphatic heterocycles. The van der Waals surface area contributed by atoms with Crippen molar-refractivity contribution in [3.63, 3.8) is 0 Å². The van der Waals surface area contributed by atoms with Gasteiger partial charge in [0.1, 0.15) is 22.1 Å². The molecule has 294 valence electrons. The normalized spacial score (nSPS) is 19.1. The van der Waals surface area contributed by atoms with E-state index in [2.05, 4.69) is 47.7 Å². The van der Waals surface area contributed by atoms with Gasteiger partial charge in [-0.25, -0.2) is 9.97 Å². The number of carbonyl (C=O) groups is 4. The third-order valence-electron chi connectivity index (χ3n) is 11.4. The average Bonchev–Trinajstić information content (AvgIpc) is 4.01. The minimum absolute atomic E-state index is 0.0118. The molecule has 3 aromatic heterocycles. The maximum absolute atomic E-state index is 13.5. The highest BCUT2D eigenvalue weighted by Gasteiger charge is 2.42. The minimum atomic E-state index is -0.295. The predicted molar refractivity (Wildman–Crippen MR) is 217 cm³/mol. The summed E-state index contributed by atoms with van der Waals surface area (Å²) in [5, 5.41) is 10.1. The SMILES string of the molecule is Cc1nn(C)cc1-c1nc2ncc(Cl)c(Oc3ccc(C(=O)NCc4ccc(C(=O)N5CC6CN(c7ccc([C@@H]8CCC(=O)NC8=O)cc7)CC6C5)cc4)cc3)c2[nH]1. The number of likely N-dealkylation sites (tertiary alicyclic amines) is 1. The van der Waals surface area contributed by atoms with Gasteiger partial charge in [-0.1, -0.05) is 35.9 Å². The molecule has 0 radical (unpaired) electrons. The van der Waals surface area contributed by atoms with Gasteiger partial charge in [0, 0.05) is 81.0 Å². The zero-order valence-corrected chi connectivity index (χ0v) is 32.6. The van der Waals surface area contributed by atoms with Crippen molar-refractivity contribution in [2.45, 2.75) is 32.2 Å². The second-order valence-electron chi connectivity index (χ2n) is 15.3. The highest BCUT2D eigenvalue weighted by Crippen LogP contribution is 2.37. The van der Waals surface area contributed by atoms with Crippen molar-refractivity contribution in [1.29, 1.82) is 0 Å². The standard InChI is InChI=1S/C43H40ClN9O5/c1-24-34(23-51(2)50-24)39-48-37-38(35(44)18-45-40(37)49-39)58-32-13-9-27(10-14-32)41(55)46-17-25-3-5-28(6-4-25)43(57)53-21-29-19-52(20-30(29)22-53)31-11-7-26(8-12-31)33-15-16-36(54)47-42(33)56/h3-14,18,23,29-30,33H,15-17,19-22H2,1-2H3,(H,46,55)(H,45,48,49)(H,47,54,56)/t29?,30?,33-/m0/s1. The van der Waals surface area contributed by atoms with Gasteiger partial charge in [0.25, 0.3) is 11.8 Å². The molecule has 6 heterocycles. The van der Waals surface area contributed by atoms with Gasteiger partial charge in [-0.15, -0.1) is 0 Å². The lowest BCUT2D eigenvalue weighted by atomic mass is 9.90. The Kier molecular flexibility index (Phi) is 9.64. The van der Waals surface area contributed by atoms with Gasteiger partial charge in [0.2, 0.25) is 11.8 Å². The third kappa shape index (κ3) is 7.26. The number of aryl methyl sites for hydroxylation is 2. The Bertz CT molecular complexity index is 2550. The first-order valence-corrected chi connectivity index (χ1v) is 19.6. The Morgan fingerprint density at radius 1 is 0.931 bits per heavy atom. The first kappa shape index (κ1) is 37.1. The molecular formula is C43H40ClN9O5. The zero-order chi connectivity index (χ0) is 40.1. The van der Waals surface area contributed by atoms with Gasteiger partial charge in [0.05, 0.1) is 23.4 Å². The van der Waals surface area contributed by atoms with Gasteiger partial charge in [-0.05, 0) is 73.0 Å². The van der Waals surface area contributed by atoms with E-state index < -0.39 is 0 Å². The van der Waals surface area contributed by atoms with Crippen molar-refractivity contribution < 1.29 is 23.9 Å². The number of hydrogen-bond acceptors (Lipinski definition) is 9. The molecule has 14 nitrogen and oxygen atoms in total. The summed E-state index contributed by atoms with van der Waals surface area (Å²) in [6.07, 6.45) is 4.26. The van der Waals surface area contributed by atoms with Crippen LogP contribution in [0, 0.1) is 18.8 Å². The number of piperidine rings is 1. The minimum Gasteiger partial charge on any atom is -0.453 e. The van der Waals surface area contributed by atoms with Crippen molar-refractivity contribution >= 4 is 52.1 Å². The number of H-pyrrole nitrogens is 1. The fourth-order valence-corrected chi connectivity index (χ4v) is 8.48. The number of nitrogens with one attached hydrogen (secondary N) is 3. The summed E-state index contributed by atoms with van der Waals surface area (Å²) in [6.45, 7) is 5.33. The number of halogens is 1. The Morgan fingerprint density at radius 2 is 1.64 bits per heavy atom. The summed E-state index contributed by atoms with van der Waals surface area (Å²) in [5.41, 5.74) is 6.64. The number of nitrogens with zero attached hydrogens (tertiary/aromatic N) is 6. The molecule has 9 rings (SSSR count). The van der Waals surface area contributed by atoms with Crippen LogP contribution in [0.3, 0.4) is 0 Å². The summed E-state index contributed by atoms with van der Waals surface area (Å²) in [4.78, 5) is 66.9. The van der Waals surface area contributed by atoms with E-state index in [4.69, 9.17) is 16.3 Å². The number of carbonyl (C=O) groups excluding carboxylic acids is 4. The molecule has 3 fully saturated rings. The van der Waals surface area contributed by atoms with Crippen LogP contribution in [0.5, 0.6) is 11.5 Å². The Balaban J connectivity index is 0.759. The topological polar surface area (TPSA) is 167 Å². The number of aromatic nitrogens is 5. The molecule has 58 heavy (non-hydrogen) atoms. The van der Waals surface area contributed by atoms with Gasteiger partial charge in [-0.2, -0.15) is 5.10 Å². The number of imidazole rings is 1. The molecule has 3 aliphatic rings. The molecule has 3 atom stereocenters. The van der Waals surface area contributed by atoms with Gasteiger partial charge in [-0.3, -0.25) is 29.2 Å². The number of anilines is 1. The van der Waals surface area contributed by atoms with Crippen LogP contribution in [0.15, 0.2) is 85.2 Å². The quantitative estimate of drug-likeness (QED) is 0.154. The molecule has 0 aliphatic carbocycles. The number of hydrogen-bond donors (Lipinski definition) is 3. The highest BCUT2D eigenvalue weighted by atomic mass is 35.5. The summed E-state index contributed by atoms with van der Waals surface area (Å²) < 4.78 is 7.88. The maximum Gasteiger partial charge on any atom is 0.253 e. The lowest BCUT2D eigenvalue weighted by Crippen LogP contribution is -2.39. The molecule has 0 bridgehead atoms. The van der Waals surface area contributed by atoms with E-state index >= 15 is 0 Å². The van der Waals surface area contributed by atoms with Crippen LogP contribution in [-0.2, 0) is 23.2 Å². The Labute approximate surface area is 338 Å². The van der Waals surface area contributed by atoms with Gasteiger partial charge >= 0.3 is 0 Å². The number of ether oxygens (including phenoxy) is 1. The Morgan fingerprint density at radius 3 is 2.31 bits per heavy atom. The lowest BCUT2D eigenvalue weighted by Gasteiger charge is -2.25. The second kappa shape index (κ2) is 15.1. The number of fused-ring (bicyclic) bond motifs is 2.